The molecule has 0 atom stereocenters. The lowest BCUT2D eigenvalue weighted by atomic mass is 10.1. The maximum absolute atomic E-state index is 11.9. The maximum Gasteiger partial charge on any atom is 0.255 e. The SMILES string of the molecule is Cc1ccc(NC(=O)c2ccc(C)cc2)cc1.[HH]. The van der Waals surface area contributed by atoms with Crippen LogP contribution in [-0.4, -0.2) is 5.91 Å². The minimum absolute atomic E-state index is 0. The van der Waals surface area contributed by atoms with E-state index in [1.165, 1.54) is 5.56 Å². The third-order valence-electron chi connectivity index (χ3n) is 2.62. The smallest absolute Gasteiger partial charge is 0.255 e. The van der Waals surface area contributed by atoms with Gasteiger partial charge < -0.3 is 5.32 Å². The number of aryl methyl sites for hydroxylation is 2. The van der Waals surface area contributed by atoms with E-state index >= 15 is 0 Å². The summed E-state index contributed by atoms with van der Waals surface area (Å²) < 4.78 is 0. The van der Waals surface area contributed by atoms with Crippen LogP contribution in [0.5, 0.6) is 0 Å². The van der Waals surface area contributed by atoms with Crippen molar-refractivity contribution in [3.63, 3.8) is 0 Å². The van der Waals surface area contributed by atoms with Crippen LogP contribution in [0.25, 0.3) is 0 Å². The average Bonchev–Trinajstić information content (AvgIpc) is 2.33. The summed E-state index contributed by atoms with van der Waals surface area (Å²) in [5, 5.41) is 2.87. The highest BCUT2D eigenvalue weighted by molar-refractivity contribution is 6.04. The van der Waals surface area contributed by atoms with E-state index in [0.717, 1.165) is 11.3 Å². The molecule has 0 radical (unpaired) electrons. The fraction of sp³-hybridized carbons (Fsp3) is 0.133. The molecular formula is C15H17NO. The highest BCUT2D eigenvalue weighted by atomic mass is 16.1. The lowest BCUT2D eigenvalue weighted by Crippen LogP contribution is -2.11. The normalized spacial score (nSPS) is 10.0. The fourth-order valence-electron chi connectivity index (χ4n) is 1.55. The van der Waals surface area contributed by atoms with E-state index in [2.05, 4.69) is 5.32 Å². The molecule has 0 aromatic heterocycles. The van der Waals surface area contributed by atoms with Crippen molar-refractivity contribution in [3.05, 3.63) is 65.2 Å². The van der Waals surface area contributed by atoms with E-state index in [-0.39, 0.29) is 7.33 Å². The van der Waals surface area contributed by atoms with Crippen molar-refractivity contribution in [1.29, 1.82) is 0 Å². The zero-order valence-electron chi connectivity index (χ0n) is 10.0. The van der Waals surface area contributed by atoms with Gasteiger partial charge in [0.05, 0.1) is 0 Å². The predicted octanol–water partition coefficient (Wildman–Crippen LogP) is 3.80. The van der Waals surface area contributed by atoms with Gasteiger partial charge in [-0.05, 0) is 38.1 Å². The molecule has 17 heavy (non-hydrogen) atoms. The first-order chi connectivity index (χ1) is 8.15. The van der Waals surface area contributed by atoms with Crippen molar-refractivity contribution in [3.8, 4) is 0 Å². The molecule has 2 aromatic rings. The van der Waals surface area contributed by atoms with Crippen molar-refractivity contribution in [2.75, 3.05) is 5.32 Å². The number of carbonyl (C=O) groups excluding carboxylic acids is 1. The molecule has 0 aliphatic rings. The lowest BCUT2D eigenvalue weighted by Gasteiger charge is -2.05. The summed E-state index contributed by atoms with van der Waals surface area (Å²) in [6.45, 7) is 4.02. The van der Waals surface area contributed by atoms with Crippen LogP contribution in [0, 0.1) is 13.8 Å². The molecule has 0 heterocycles. The first-order valence-corrected chi connectivity index (χ1v) is 5.60. The van der Waals surface area contributed by atoms with Crippen LogP contribution < -0.4 is 5.32 Å². The van der Waals surface area contributed by atoms with Gasteiger partial charge >= 0.3 is 0 Å². The van der Waals surface area contributed by atoms with Crippen LogP contribution in [-0.2, 0) is 0 Å². The molecule has 1 N–H and O–H groups in total. The fourth-order valence-corrected chi connectivity index (χ4v) is 1.55. The Morgan fingerprint density at radius 1 is 0.882 bits per heavy atom. The van der Waals surface area contributed by atoms with Gasteiger partial charge in [-0.15, -0.1) is 0 Å². The molecule has 0 saturated heterocycles. The zero-order chi connectivity index (χ0) is 12.3. The van der Waals surface area contributed by atoms with Crippen molar-refractivity contribution < 1.29 is 6.22 Å². The van der Waals surface area contributed by atoms with Gasteiger partial charge in [0, 0.05) is 12.7 Å². The summed E-state index contributed by atoms with van der Waals surface area (Å²) >= 11 is 0. The molecule has 0 fully saturated rings. The number of carbonyl (C=O) groups is 1. The van der Waals surface area contributed by atoms with Gasteiger partial charge in [0.25, 0.3) is 5.91 Å². The molecule has 0 unspecified atom stereocenters. The quantitative estimate of drug-likeness (QED) is 0.830. The first-order valence-electron chi connectivity index (χ1n) is 5.60. The highest BCUT2D eigenvalue weighted by Gasteiger charge is 2.04. The largest absolute Gasteiger partial charge is 0.322 e. The Bertz CT molecular complexity index is 517. The van der Waals surface area contributed by atoms with Crippen LogP contribution in [0.15, 0.2) is 48.5 Å². The van der Waals surface area contributed by atoms with Gasteiger partial charge in [0.2, 0.25) is 0 Å². The number of benzene rings is 2. The molecule has 2 nitrogen and oxygen atoms in total. The standard InChI is InChI=1S/C15H15NO.H2/c1-11-3-7-13(8-4-11)15(17)16-14-9-5-12(2)6-10-14;/h3-10H,1-2H3,(H,16,17);1H. The minimum atomic E-state index is -0.0751. The molecule has 2 heteroatoms. The molecule has 2 aromatic carbocycles. The van der Waals surface area contributed by atoms with E-state index < -0.39 is 0 Å². The van der Waals surface area contributed by atoms with Crippen LogP contribution in [0.4, 0.5) is 5.69 Å². The number of nitrogens with one attached hydrogen (secondary N) is 1. The number of amides is 1. The number of hydrogen-bond acceptors (Lipinski definition) is 1. The molecule has 1 amide bonds. The first kappa shape index (κ1) is 11.4. The predicted molar refractivity (Wildman–Crippen MR) is 72.4 cm³/mol. The van der Waals surface area contributed by atoms with Gasteiger partial charge in [-0.25, -0.2) is 0 Å². The minimum Gasteiger partial charge on any atom is -0.322 e. The molecule has 0 saturated carbocycles. The Kier molecular flexibility index (Phi) is 3.24. The van der Waals surface area contributed by atoms with E-state index in [1.807, 2.05) is 62.4 Å². The van der Waals surface area contributed by atoms with Crippen molar-refractivity contribution in [2.24, 2.45) is 0 Å². The van der Waals surface area contributed by atoms with E-state index in [4.69, 9.17) is 0 Å². The summed E-state index contributed by atoms with van der Waals surface area (Å²) in [5.74, 6) is -0.0751. The van der Waals surface area contributed by atoms with Gasteiger partial charge in [0.1, 0.15) is 0 Å². The monoisotopic (exact) mass is 227 g/mol. The maximum atomic E-state index is 11.9. The molecule has 88 valence electrons. The van der Waals surface area contributed by atoms with Gasteiger partial charge in [-0.1, -0.05) is 35.4 Å². The van der Waals surface area contributed by atoms with Gasteiger partial charge in [-0.3, -0.25) is 4.79 Å². The van der Waals surface area contributed by atoms with E-state index in [9.17, 15) is 4.79 Å². The Morgan fingerprint density at radius 2 is 1.35 bits per heavy atom. The van der Waals surface area contributed by atoms with Crippen molar-refractivity contribution in [2.45, 2.75) is 13.8 Å². The summed E-state index contributed by atoms with van der Waals surface area (Å²) in [4.78, 5) is 11.9. The van der Waals surface area contributed by atoms with Crippen molar-refractivity contribution >= 4 is 11.6 Å². The Morgan fingerprint density at radius 3 is 1.88 bits per heavy atom. The highest BCUT2D eigenvalue weighted by Crippen LogP contribution is 2.11. The summed E-state index contributed by atoms with van der Waals surface area (Å²) in [6.07, 6.45) is 0. The van der Waals surface area contributed by atoms with Crippen molar-refractivity contribution in [1.82, 2.24) is 0 Å². The second-order valence-electron chi connectivity index (χ2n) is 4.19. The molecule has 0 aliphatic carbocycles. The van der Waals surface area contributed by atoms with Crippen LogP contribution in [0.2, 0.25) is 0 Å². The topological polar surface area (TPSA) is 29.1 Å². The molecule has 2 rings (SSSR count). The molecule has 0 spiro atoms. The third kappa shape index (κ3) is 2.94. The van der Waals surface area contributed by atoms with Gasteiger partial charge in [0.15, 0.2) is 0 Å². The summed E-state index contributed by atoms with van der Waals surface area (Å²) in [6, 6.07) is 15.3. The Hall–Kier alpha value is -2.09. The van der Waals surface area contributed by atoms with Crippen LogP contribution >= 0.6 is 0 Å². The number of hydrogen-bond donors (Lipinski definition) is 1. The van der Waals surface area contributed by atoms with Crippen LogP contribution in [0.1, 0.15) is 22.9 Å². The molecule has 0 aliphatic heterocycles. The molecule has 0 bridgehead atoms. The third-order valence-corrected chi connectivity index (χ3v) is 2.62. The Balaban J connectivity index is 0.00000162. The number of anilines is 1. The Labute approximate surface area is 103 Å². The summed E-state index contributed by atoms with van der Waals surface area (Å²) in [5.41, 5.74) is 3.83. The van der Waals surface area contributed by atoms with Gasteiger partial charge in [-0.2, -0.15) is 0 Å². The second-order valence-corrected chi connectivity index (χ2v) is 4.19. The zero-order valence-corrected chi connectivity index (χ0v) is 10.0. The lowest BCUT2D eigenvalue weighted by molar-refractivity contribution is 0.102. The van der Waals surface area contributed by atoms with E-state index in [0.29, 0.717) is 5.56 Å². The molecular weight excluding hydrogens is 210 g/mol. The average molecular weight is 227 g/mol. The second kappa shape index (κ2) is 4.83. The van der Waals surface area contributed by atoms with Crippen LogP contribution in [0.3, 0.4) is 0 Å². The van der Waals surface area contributed by atoms with E-state index in [1.54, 1.807) is 0 Å². The number of rotatable bonds is 2. The summed E-state index contributed by atoms with van der Waals surface area (Å²) in [7, 11) is 0.